The SMILES string of the molecule is CCc1ccc(C[NH+]2CCN(S(=O)(=O)Cc3ccccc3)CC2)cc1. The minimum Gasteiger partial charge on any atom is -0.329 e. The van der Waals surface area contributed by atoms with Crippen LogP contribution in [-0.4, -0.2) is 38.9 Å². The van der Waals surface area contributed by atoms with Crippen molar-refractivity contribution in [3.63, 3.8) is 0 Å². The summed E-state index contributed by atoms with van der Waals surface area (Å²) in [5.41, 5.74) is 3.54. The van der Waals surface area contributed by atoms with Crippen LogP contribution in [-0.2, 0) is 28.7 Å². The zero-order valence-corrected chi connectivity index (χ0v) is 15.6. The maximum Gasteiger partial charge on any atom is 0.218 e. The van der Waals surface area contributed by atoms with Crippen LogP contribution in [0.5, 0.6) is 0 Å². The van der Waals surface area contributed by atoms with E-state index in [1.807, 2.05) is 30.3 Å². The van der Waals surface area contributed by atoms with Gasteiger partial charge >= 0.3 is 0 Å². The summed E-state index contributed by atoms with van der Waals surface area (Å²) < 4.78 is 26.9. The molecule has 0 atom stereocenters. The van der Waals surface area contributed by atoms with Crippen molar-refractivity contribution in [3.05, 3.63) is 71.3 Å². The van der Waals surface area contributed by atoms with Gasteiger partial charge in [-0.1, -0.05) is 61.5 Å². The van der Waals surface area contributed by atoms with E-state index < -0.39 is 10.0 Å². The van der Waals surface area contributed by atoms with E-state index in [9.17, 15) is 8.42 Å². The van der Waals surface area contributed by atoms with Gasteiger partial charge in [0.05, 0.1) is 31.9 Å². The highest BCUT2D eigenvalue weighted by atomic mass is 32.2. The molecule has 0 bridgehead atoms. The van der Waals surface area contributed by atoms with Crippen molar-refractivity contribution >= 4 is 10.0 Å². The van der Waals surface area contributed by atoms with E-state index in [-0.39, 0.29) is 5.75 Å². The summed E-state index contributed by atoms with van der Waals surface area (Å²) in [5.74, 6) is 0.0989. The predicted octanol–water partition coefficient (Wildman–Crippen LogP) is 1.48. The number of nitrogens with one attached hydrogen (secondary N) is 1. The first-order chi connectivity index (χ1) is 12.1. The fourth-order valence-corrected chi connectivity index (χ4v) is 4.85. The van der Waals surface area contributed by atoms with E-state index in [0.29, 0.717) is 13.1 Å². The maximum atomic E-state index is 12.6. The molecular formula is C20H27N2O2S+. The highest BCUT2D eigenvalue weighted by Crippen LogP contribution is 2.11. The lowest BCUT2D eigenvalue weighted by Crippen LogP contribution is -3.13. The summed E-state index contributed by atoms with van der Waals surface area (Å²) >= 11 is 0. The highest BCUT2D eigenvalue weighted by Gasteiger charge is 2.29. The molecule has 0 unspecified atom stereocenters. The molecule has 4 nitrogen and oxygen atoms in total. The minimum atomic E-state index is -3.22. The van der Waals surface area contributed by atoms with Crippen LogP contribution in [0.2, 0.25) is 0 Å². The van der Waals surface area contributed by atoms with Crippen molar-refractivity contribution in [2.45, 2.75) is 25.6 Å². The van der Waals surface area contributed by atoms with Crippen molar-refractivity contribution in [2.75, 3.05) is 26.2 Å². The molecule has 1 aliphatic heterocycles. The van der Waals surface area contributed by atoms with Crippen molar-refractivity contribution in [3.8, 4) is 0 Å². The lowest BCUT2D eigenvalue weighted by Gasteiger charge is -2.31. The van der Waals surface area contributed by atoms with E-state index >= 15 is 0 Å². The Kier molecular flexibility index (Phi) is 5.89. The number of nitrogens with zero attached hydrogens (tertiary/aromatic N) is 1. The zero-order chi connectivity index (χ0) is 17.7. The van der Waals surface area contributed by atoms with Gasteiger partial charge in [0.25, 0.3) is 0 Å². The molecule has 0 radical (unpaired) electrons. The summed E-state index contributed by atoms with van der Waals surface area (Å²) in [7, 11) is -3.22. The number of hydrogen-bond acceptors (Lipinski definition) is 2. The van der Waals surface area contributed by atoms with Gasteiger partial charge in [-0.3, -0.25) is 0 Å². The largest absolute Gasteiger partial charge is 0.329 e. The first-order valence-electron chi connectivity index (χ1n) is 9.00. The molecule has 1 N–H and O–H groups in total. The van der Waals surface area contributed by atoms with Gasteiger partial charge in [-0.2, -0.15) is 4.31 Å². The van der Waals surface area contributed by atoms with Crippen LogP contribution in [0, 0.1) is 0 Å². The molecule has 0 saturated carbocycles. The van der Waals surface area contributed by atoms with Crippen LogP contribution >= 0.6 is 0 Å². The smallest absolute Gasteiger partial charge is 0.218 e. The Morgan fingerprint density at radius 2 is 1.48 bits per heavy atom. The maximum absolute atomic E-state index is 12.6. The van der Waals surface area contributed by atoms with E-state index in [4.69, 9.17) is 0 Å². The van der Waals surface area contributed by atoms with Crippen molar-refractivity contribution < 1.29 is 13.3 Å². The van der Waals surface area contributed by atoms with Crippen molar-refractivity contribution in [1.82, 2.24) is 4.31 Å². The van der Waals surface area contributed by atoms with Crippen LogP contribution in [0.1, 0.15) is 23.6 Å². The Morgan fingerprint density at radius 1 is 0.880 bits per heavy atom. The quantitative estimate of drug-likeness (QED) is 0.849. The van der Waals surface area contributed by atoms with Gasteiger partial charge in [0, 0.05) is 5.56 Å². The van der Waals surface area contributed by atoms with Crippen molar-refractivity contribution in [1.29, 1.82) is 0 Å². The molecular weight excluding hydrogens is 332 g/mol. The van der Waals surface area contributed by atoms with Gasteiger partial charge in [0.15, 0.2) is 0 Å². The highest BCUT2D eigenvalue weighted by molar-refractivity contribution is 7.88. The van der Waals surface area contributed by atoms with Gasteiger partial charge in [-0.25, -0.2) is 8.42 Å². The Morgan fingerprint density at radius 3 is 2.08 bits per heavy atom. The zero-order valence-electron chi connectivity index (χ0n) is 14.8. The van der Waals surface area contributed by atoms with Gasteiger partial charge < -0.3 is 4.90 Å². The van der Waals surface area contributed by atoms with Crippen molar-refractivity contribution in [2.24, 2.45) is 0 Å². The second kappa shape index (κ2) is 8.13. The number of piperazine rings is 1. The summed E-state index contributed by atoms with van der Waals surface area (Å²) in [6.07, 6.45) is 1.06. The predicted molar refractivity (Wildman–Crippen MR) is 101 cm³/mol. The molecule has 3 rings (SSSR count). The third-order valence-electron chi connectivity index (χ3n) is 4.90. The minimum absolute atomic E-state index is 0.0989. The number of sulfonamides is 1. The summed E-state index contributed by atoms with van der Waals surface area (Å²) in [6.45, 7) is 6.08. The molecule has 2 aromatic carbocycles. The van der Waals surface area contributed by atoms with Crippen LogP contribution in [0.3, 0.4) is 0 Å². The molecule has 1 fully saturated rings. The first kappa shape index (κ1) is 18.1. The Hall–Kier alpha value is -1.69. The van der Waals surface area contributed by atoms with Crippen LogP contribution in [0.25, 0.3) is 0 Å². The molecule has 134 valence electrons. The molecule has 5 heteroatoms. The molecule has 1 aliphatic rings. The standard InChI is InChI=1S/C20H26N2O2S/c1-2-18-8-10-19(11-9-18)16-21-12-14-22(15-13-21)25(23,24)17-20-6-4-3-5-7-20/h3-11H,2,12-17H2,1H3/p+1. The average molecular weight is 360 g/mol. The normalized spacial score (nSPS) is 16.8. The third kappa shape index (κ3) is 4.91. The number of aryl methyl sites for hydroxylation is 1. The lowest BCUT2D eigenvalue weighted by molar-refractivity contribution is -0.917. The number of hydrogen-bond donors (Lipinski definition) is 1. The molecule has 2 aromatic rings. The van der Waals surface area contributed by atoms with Gasteiger partial charge in [0.2, 0.25) is 10.0 Å². The van der Waals surface area contributed by atoms with Gasteiger partial charge in [-0.15, -0.1) is 0 Å². The van der Waals surface area contributed by atoms with E-state index in [1.54, 1.807) is 4.31 Å². The lowest BCUT2D eigenvalue weighted by atomic mass is 10.1. The molecule has 0 spiro atoms. The second-order valence-electron chi connectivity index (χ2n) is 6.74. The molecule has 0 amide bonds. The van der Waals surface area contributed by atoms with Crippen LogP contribution in [0.15, 0.2) is 54.6 Å². The molecule has 0 aliphatic carbocycles. The van der Waals surface area contributed by atoms with E-state index in [0.717, 1.165) is 31.6 Å². The Bertz CT molecular complexity index is 765. The Labute approximate surface area is 151 Å². The monoisotopic (exact) mass is 359 g/mol. The summed E-state index contributed by atoms with van der Waals surface area (Å²) in [4.78, 5) is 1.45. The van der Waals surface area contributed by atoms with Gasteiger partial charge in [0.1, 0.15) is 6.54 Å². The molecule has 1 heterocycles. The summed E-state index contributed by atoms with van der Waals surface area (Å²) in [5, 5.41) is 0. The number of benzene rings is 2. The topological polar surface area (TPSA) is 41.8 Å². The van der Waals surface area contributed by atoms with Crippen LogP contribution in [0.4, 0.5) is 0 Å². The summed E-state index contributed by atoms with van der Waals surface area (Å²) in [6, 6.07) is 18.2. The fourth-order valence-electron chi connectivity index (χ4n) is 3.32. The second-order valence-corrected chi connectivity index (χ2v) is 8.71. The Balaban J connectivity index is 1.54. The van der Waals surface area contributed by atoms with Crippen LogP contribution < -0.4 is 4.90 Å². The molecule has 0 aromatic heterocycles. The molecule has 1 saturated heterocycles. The third-order valence-corrected chi connectivity index (χ3v) is 6.75. The first-order valence-corrected chi connectivity index (χ1v) is 10.6. The average Bonchev–Trinajstić information content (AvgIpc) is 2.63. The fraction of sp³-hybridized carbons (Fsp3) is 0.400. The van der Waals surface area contributed by atoms with Gasteiger partial charge in [-0.05, 0) is 17.5 Å². The van der Waals surface area contributed by atoms with E-state index in [2.05, 4.69) is 31.2 Å². The van der Waals surface area contributed by atoms with E-state index in [1.165, 1.54) is 16.0 Å². The number of quaternary nitrogens is 1. The molecule has 25 heavy (non-hydrogen) atoms. The number of rotatable bonds is 6.